The number of alkyl halides is 1. The smallest absolute Gasteiger partial charge is 0.196 e. The Balaban J connectivity index is 2.03. The fourth-order valence-corrected chi connectivity index (χ4v) is 2.63. The minimum Gasteiger partial charge on any atom is -0.459 e. The SMILES string of the molecule is O=C(c1ccccc1)c1cc(-c2ccccc2)oc1CBr. The van der Waals surface area contributed by atoms with Crippen molar-refractivity contribution in [3.63, 3.8) is 0 Å². The zero-order valence-electron chi connectivity index (χ0n) is 11.3. The van der Waals surface area contributed by atoms with Crippen molar-refractivity contribution in [3.05, 3.63) is 83.6 Å². The van der Waals surface area contributed by atoms with E-state index in [-0.39, 0.29) is 5.78 Å². The van der Waals surface area contributed by atoms with Gasteiger partial charge < -0.3 is 4.42 Å². The van der Waals surface area contributed by atoms with Gasteiger partial charge in [-0.1, -0.05) is 76.6 Å². The zero-order chi connectivity index (χ0) is 14.7. The van der Waals surface area contributed by atoms with Crippen LogP contribution in [0.3, 0.4) is 0 Å². The average molecular weight is 341 g/mol. The Hall–Kier alpha value is -2.13. The lowest BCUT2D eigenvalue weighted by Crippen LogP contribution is -2.01. The molecule has 0 spiro atoms. The molecule has 0 bridgehead atoms. The quantitative estimate of drug-likeness (QED) is 0.490. The number of ketones is 1. The van der Waals surface area contributed by atoms with Gasteiger partial charge >= 0.3 is 0 Å². The summed E-state index contributed by atoms with van der Waals surface area (Å²) in [5.74, 6) is 1.35. The number of hydrogen-bond donors (Lipinski definition) is 0. The van der Waals surface area contributed by atoms with Crippen molar-refractivity contribution < 1.29 is 9.21 Å². The Morgan fingerprint density at radius 3 is 2.19 bits per heavy atom. The highest BCUT2D eigenvalue weighted by Gasteiger charge is 2.19. The maximum Gasteiger partial charge on any atom is 0.196 e. The van der Waals surface area contributed by atoms with Crippen molar-refractivity contribution in [2.75, 3.05) is 0 Å². The van der Waals surface area contributed by atoms with Crippen LogP contribution >= 0.6 is 15.9 Å². The van der Waals surface area contributed by atoms with Gasteiger partial charge in [-0.2, -0.15) is 0 Å². The van der Waals surface area contributed by atoms with Gasteiger partial charge in [-0.3, -0.25) is 4.79 Å². The summed E-state index contributed by atoms with van der Waals surface area (Å²) in [6.45, 7) is 0. The Kier molecular flexibility index (Phi) is 4.02. The third kappa shape index (κ3) is 2.83. The summed E-state index contributed by atoms with van der Waals surface area (Å²) in [6, 6.07) is 20.8. The van der Waals surface area contributed by atoms with Crippen LogP contribution in [-0.4, -0.2) is 5.78 Å². The van der Waals surface area contributed by atoms with E-state index < -0.39 is 0 Å². The van der Waals surface area contributed by atoms with Gasteiger partial charge in [-0.15, -0.1) is 0 Å². The maximum absolute atomic E-state index is 12.6. The summed E-state index contributed by atoms with van der Waals surface area (Å²) in [5.41, 5.74) is 2.24. The summed E-state index contributed by atoms with van der Waals surface area (Å²) in [7, 11) is 0. The molecule has 21 heavy (non-hydrogen) atoms. The largest absolute Gasteiger partial charge is 0.459 e. The number of furan rings is 1. The Morgan fingerprint density at radius 1 is 0.952 bits per heavy atom. The van der Waals surface area contributed by atoms with E-state index >= 15 is 0 Å². The van der Waals surface area contributed by atoms with Gasteiger partial charge in [0.25, 0.3) is 0 Å². The minimum absolute atomic E-state index is 0.0176. The first-order valence-electron chi connectivity index (χ1n) is 6.63. The number of hydrogen-bond acceptors (Lipinski definition) is 2. The fourth-order valence-electron chi connectivity index (χ4n) is 2.21. The van der Waals surface area contributed by atoms with Gasteiger partial charge in [-0.25, -0.2) is 0 Å². The lowest BCUT2D eigenvalue weighted by atomic mass is 10.0. The van der Waals surface area contributed by atoms with Crippen molar-refractivity contribution in [1.82, 2.24) is 0 Å². The Bertz CT molecular complexity index is 745. The second kappa shape index (κ2) is 6.10. The fraction of sp³-hybridized carbons (Fsp3) is 0.0556. The molecular weight excluding hydrogens is 328 g/mol. The van der Waals surface area contributed by atoms with Gasteiger partial charge in [0.05, 0.1) is 10.9 Å². The normalized spacial score (nSPS) is 10.5. The van der Waals surface area contributed by atoms with Crippen LogP contribution in [0.5, 0.6) is 0 Å². The molecule has 2 nitrogen and oxygen atoms in total. The average Bonchev–Trinajstić information content (AvgIpc) is 3.00. The number of carbonyl (C=O) groups excluding carboxylic acids is 1. The van der Waals surface area contributed by atoms with Crippen molar-refractivity contribution in [2.24, 2.45) is 0 Å². The summed E-state index contributed by atoms with van der Waals surface area (Å²) in [6.07, 6.45) is 0. The number of halogens is 1. The molecule has 0 atom stereocenters. The minimum atomic E-state index is -0.0176. The lowest BCUT2D eigenvalue weighted by molar-refractivity contribution is 0.103. The van der Waals surface area contributed by atoms with Gasteiger partial charge in [0.1, 0.15) is 11.5 Å². The van der Waals surface area contributed by atoms with Gasteiger partial charge in [-0.05, 0) is 6.07 Å². The molecule has 3 rings (SSSR count). The van der Waals surface area contributed by atoms with E-state index in [1.54, 1.807) is 0 Å². The molecule has 1 aromatic heterocycles. The number of carbonyl (C=O) groups is 1. The van der Waals surface area contributed by atoms with Crippen LogP contribution in [0.15, 0.2) is 71.1 Å². The van der Waals surface area contributed by atoms with Crippen LogP contribution in [0, 0.1) is 0 Å². The maximum atomic E-state index is 12.6. The molecule has 0 radical (unpaired) electrons. The topological polar surface area (TPSA) is 30.2 Å². The monoisotopic (exact) mass is 340 g/mol. The molecule has 0 aliphatic rings. The second-order valence-corrected chi connectivity index (χ2v) is 5.20. The lowest BCUT2D eigenvalue weighted by Gasteiger charge is -1.99. The molecule has 0 N–H and O–H groups in total. The third-order valence-electron chi connectivity index (χ3n) is 3.27. The van der Waals surface area contributed by atoms with Crippen molar-refractivity contribution >= 4 is 21.7 Å². The first-order valence-corrected chi connectivity index (χ1v) is 7.75. The number of rotatable bonds is 4. The molecule has 0 saturated heterocycles. The predicted octanol–water partition coefficient (Wildman–Crippen LogP) is 5.07. The summed E-state index contributed by atoms with van der Waals surface area (Å²) >= 11 is 3.39. The molecule has 0 amide bonds. The van der Waals surface area contributed by atoms with Crippen molar-refractivity contribution in [1.29, 1.82) is 0 Å². The molecule has 1 heterocycles. The van der Waals surface area contributed by atoms with Gasteiger partial charge in [0.15, 0.2) is 5.78 Å². The van der Waals surface area contributed by atoms with E-state index in [1.807, 2.05) is 66.7 Å². The van der Waals surface area contributed by atoms with E-state index in [0.717, 1.165) is 5.56 Å². The second-order valence-electron chi connectivity index (χ2n) is 4.64. The molecule has 104 valence electrons. The highest BCUT2D eigenvalue weighted by molar-refractivity contribution is 9.08. The standard InChI is InChI=1S/C18H13BrO2/c19-12-17-15(18(20)14-9-5-2-6-10-14)11-16(21-17)13-7-3-1-4-8-13/h1-11H,12H2. The van der Waals surface area contributed by atoms with E-state index in [0.29, 0.717) is 28.0 Å². The molecular formula is C18H13BrO2. The molecule has 2 aromatic carbocycles. The van der Waals surface area contributed by atoms with Crippen molar-refractivity contribution in [3.8, 4) is 11.3 Å². The van der Waals surface area contributed by atoms with Crippen LogP contribution in [0.25, 0.3) is 11.3 Å². The Morgan fingerprint density at radius 2 is 1.57 bits per heavy atom. The van der Waals surface area contributed by atoms with Gasteiger partial charge in [0.2, 0.25) is 0 Å². The number of benzene rings is 2. The van der Waals surface area contributed by atoms with Crippen LogP contribution in [0.4, 0.5) is 0 Å². The molecule has 3 aromatic rings. The zero-order valence-corrected chi connectivity index (χ0v) is 12.8. The van der Waals surface area contributed by atoms with Crippen LogP contribution < -0.4 is 0 Å². The van der Waals surface area contributed by atoms with Gasteiger partial charge in [0, 0.05) is 11.1 Å². The molecule has 0 fully saturated rings. The summed E-state index contributed by atoms with van der Waals surface area (Å²) in [4.78, 5) is 12.6. The summed E-state index contributed by atoms with van der Waals surface area (Å²) in [5, 5.41) is 0.508. The molecule has 0 aliphatic carbocycles. The molecule has 3 heteroatoms. The molecule has 0 unspecified atom stereocenters. The van der Waals surface area contributed by atoms with Crippen LogP contribution in [0.1, 0.15) is 21.7 Å². The van der Waals surface area contributed by atoms with E-state index in [2.05, 4.69) is 15.9 Å². The highest BCUT2D eigenvalue weighted by Crippen LogP contribution is 2.28. The first-order chi connectivity index (χ1) is 10.3. The Labute approximate surface area is 131 Å². The van der Waals surface area contributed by atoms with Crippen LogP contribution in [-0.2, 0) is 5.33 Å². The van der Waals surface area contributed by atoms with E-state index in [1.165, 1.54) is 0 Å². The third-order valence-corrected chi connectivity index (χ3v) is 3.78. The first kappa shape index (κ1) is 13.8. The van der Waals surface area contributed by atoms with Crippen molar-refractivity contribution in [2.45, 2.75) is 5.33 Å². The highest BCUT2D eigenvalue weighted by atomic mass is 79.9. The molecule has 0 aliphatic heterocycles. The summed E-state index contributed by atoms with van der Waals surface area (Å²) < 4.78 is 5.82. The van der Waals surface area contributed by atoms with Crippen LogP contribution in [0.2, 0.25) is 0 Å². The molecule has 0 saturated carbocycles. The van der Waals surface area contributed by atoms with E-state index in [9.17, 15) is 4.79 Å². The van der Waals surface area contributed by atoms with E-state index in [4.69, 9.17) is 4.42 Å². The predicted molar refractivity (Wildman–Crippen MR) is 86.6 cm³/mol.